The molecule has 0 atom stereocenters. The van der Waals surface area contributed by atoms with E-state index in [-0.39, 0.29) is 17.9 Å². The van der Waals surface area contributed by atoms with Crippen LogP contribution in [0.3, 0.4) is 0 Å². The lowest BCUT2D eigenvalue weighted by Gasteiger charge is -2.12. The summed E-state index contributed by atoms with van der Waals surface area (Å²) in [5.74, 6) is 3.82. The normalized spacial score (nSPS) is 10.9. The molecule has 3 N–H and O–H groups in total. The lowest BCUT2D eigenvalue weighted by atomic mass is 10.1. The molecule has 0 unspecified atom stereocenters. The summed E-state index contributed by atoms with van der Waals surface area (Å²) in [4.78, 5) is 11.5. The Hall–Kier alpha value is -1.96. The summed E-state index contributed by atoms with van der Waals surface area (Å²) in [6, 6.07) is 3.12. The predicted octanol–water partition coefficient (Wildman–Crippen LogP) is 2.05. The molecule has 0 bridgehead atoms. The van der Waals surface area contributed by atoms with Crippen LogP contribution in [0.5, 0.6) is 5.75 Å². The number of nitrogens with two attached hydrogens (primary N) is 1. The molecule has 0 amide bonds. The number of carbonyl (C=O) groups is 1. The van der Waals surface area contributed by atoms with Gasteiger partial charge in [-0.2, -0.15) is 0 Å². The van der Waals surface area contributed by atoms with Crippen molar-refractivity contribution < 1.29 is 27.4 Å². The van der Waals surface area contributed by atoms with Crippen LogP contribution in [-0.4, -0.2) is 18.9 Å². The van der Waals surface area contributed by atoms with Crippen molar-refractivity contribution in [2.75, 3.05) is 12.0 Å². The number of hydrogen-bond acceptors (Lipinski definition) is 5. The monoisotopic (exact) mass is 264 g/mol. The van der Waals surface area contributed by atoms with Gasteiger partial charge in [-0.25, -0.2) is 4.79 Å². The third-order valence-electron chi connectivity index (χ3n) is 1.88. The zero-order valence-corrected chi connectivity index (χ0v) is 9.38. The highest BCUT2D eigenvalue weighted by Crippen LogP contribution is 2.27. The van der Waals surface area contributed by atoms with E-state index in [1.54, 1.807) is 6.92 Å². The van der Waals surface area contributed by atoms with E-state index in [1.807, 2.05) is 0 Å². The Labute approximate surface area is 101 Å². The molecule has 5 nitrogen and oxygen atoms in total. The van der Waals surface area contributed by atoms with Crippen molar-refractivity contribution in [1.82, 2.24) is 0 Å². The van der Waals surface area contributed by atoms with Crippen LogP contribution >= 0.6 is 0 Å². The topological polar surface area (TPSA) is 73.6 Å². The quantitative estimate of drug-likeness (QED) is 0.494. The number of hydrogen-bond donors (Lipinski definition) is 2. The minimum atomic E-state index is -4.83. The number of ether oxygens (including phenoxy) is 2. The molecule has 1 rings (SSSR count). The van der Waals surface area contributed by atoms with Crippen LogP contribution in [0.25, 0.3) is 0 Å². The van der Waals surface area contributed by atoms with Crippen LogP contribution in [0.1, 0.15) is 17.3 Å². The van der Waals surface area contributed by atoms with Crippen LogP contribution < -0.4 is 16.0 Å². The first-order valence-electron chi connectivity index (χ1n) is 4.91. The second kappa shape index (κ2) is 5.58. The Morgan fingerprint density at radius 3 is 2.61 bits per heavy atom. The number of rotatable bonds is 4. The van der Waals surface area contributed by atoms with Gasteiger partial charge in [0.1, 0.15) is 5.75 Å². The fraction of sp³-hybridized carbons (Fsp3) is 0.300. The number of nitrogens with one attached hydrogen (secondary N) is 1. The van der Waals surface area contributed by atoms with Gasteiger partial charge in [-0.05, 0) is 25.1 Å². The highest BCUT2D eigenvalue weighted by molar-refractivity contribution is 5.96. The maximum atomic E-state index is 12.0. The Bertz CT molecular complexity index is 435. The number of anilines is 1. The number of carbonyl (C=O) groups excluding carboxylic acids is 1. The van der Waals surface area contributed by atoms with E-state index in [2.05, 4.69) is 14.9 Å². The molecule has 0 saturated carbocycles. The Balaban J connectivity index is 3.05. The zero-order valence-electron chi connectivity index (χ0n) is 9.38. The number of alkyl halides is 3. The van der Waals surface area contributed by atoms with Gasteiger partial charge < -0.3 is 14.9 Å². The molecule has 0 spiro atoms. The smallest absolute Gasteiger partial charge is 0.462 e. The fourth-order valence-electron chi connectivity index (χ4n) is 1.22. The molecule has 0 aliphatic carbocycles. The van der Waals surface area contributed by atoms with Crippen molar-refractivity contribution in [3.8, 4) is 5.75 Å². The molecule has 1 aromatic rings. The van der Waals surface area contributed by atoms with E-state index in [0.29, 0.717) is 0 Å². The standard InChI is InChI=1S/C10H11F3N2O3/c1-2-17-9(16)7-5-6(18-10(11,12)13)3-4-8(7)15-14/h3-5,15H,2,14H2,1H3. The molecule has 0 radical (unpaired) electrons. The molecule has 0 aliphatic rings. The van der Waals surface area contributed by atoms with Crippen molar-refractivity contribution in [2.45, 2.75) is 13.3 Å². The molecular formula is C10H11F3N2O3. The number of esters is 1. The van der Waals surface area contributed by atoms with E-state index in [0.717, 1.165) is 12.1 Å². The second-order valence-corrected chi connectivity index (χ2v) is 3.12. The number of halogens is 3. The SMILES string of the molecule is CCOC(=O)c1cc(OC(F)(F)F)ccc1NN. The van der Waals surface area contributed by atoms with E-state index in [1.165, 1.54) is 6.07 Å². The highest BCUT2D eigenvalue weighted by Gasteiger charge is 2.31. The lowest BCUT2D eigenvalue weighted by molar-refractivity contribution is -0.274. The van der Waals surface area contributed by atoms with Crippen LogP contribution in [0.15, 0.2) is 18.2 Å². The first-order valence-corrected chi connectivity index (χ1v) is 4.91. The summed E-state index contributed by atoms with van der Waals surface area (Å²) in [7, 11) is 0. The van der Waals surface area contributed by atoms with Crippen molar-refractivity contribution in [2.24, 2.45) is 5.84 Å². The Morgan fingerprint density at radius 1 is 1.44 bits per heavy atom. The average molecular weight is 264 g/mol. The molecule has 100 valence electrons. The van der Waals surface area contributed by atoms with Crippen molar-refractivity contribution in [3.63, 3.8) is 0 Å². The van der Waals surface area contributed by atoms with Crippen LogP contribution in [-0.2, 0) is 4.74 Å². The van der Waals surface area contributed by atoms with Gasteiger partial charge in [0, 0.05) is 0 Å². The summed E-state index contributed by atoms with van der Waals surface area (Å²) >= 11 is 0. The molecule has 0 aromatic heterocycles. The van der Waals surface area contributed by atoms with E-state index >= 15 is 0 Å². The molecule has 0 heterocycles. The maximum Gasteiger partial charge on any atom is 0.573 e. The van der Waals surface area contributed by atoms with Crippen molar-refractivity contribution >= 4 is 11.7 Å². The third kappa shape index (κ3) is 3.81. The van der Waals surface area contributed by atoms with Crippen molar-refractivity contribution in [1.29, 1.82) is 0 Å². The van der Waals surface area contributed by atoms with Crippen LogP contribution in [0, 0.1) is 0 Å². The molecular weight excluding hydrogens is 253 g/mol. The number of benzene rings is 1. The Morgan fingerprint density at radius 2 is 2.11 bits per heavy atom. The summed E-state index contributed by atoms with van der Waals surface area (Å²) in [5.41, 5.74) is 2.19. The van der Waals surface area contributed by atoms with E-state index < -0.39 is 18.1 Å². The van der Waals surface area contributed by atoms with Gasteiger partial charge in [-0.1, -0.05) is 0 Å². The van der Waals surface area contributed by atoms with E-state index in [9.17, 15) is 18.0 Å². The average Bonchev–Trinajstić information content (AvgIpc) is 2.27. The predicted molar refractivity (Wildman–Crippen MR) is 56.9 cm³/mol. The van der Waals surface area contributed by atoms with Gasteiger partial charge in [-0.15, -0.1) is 13.2 Å². The minimum Gasteiger partial charge on any atom is -0.462 e. The largest absolute Gasteiger partial charge is 0.573 e. The molecule has 0 fully saturated rings. The van der Waals surface area contributed by atoms with E-state index in [4.69, 9.17) is 5.84 Å². The maximum absolute atomic E-state index is 12.0. The first kappa shape index (κ1) is 14.1. The van der Waals surface area contributed by atoms with Gasteiger partial charge in [0.15, 0.2) is 0 Å². The fourth-order valence-corrected chi connectivity index (χ4v) is 1.22. The first-order chi connectivity index (χ1) is 8.37. The van der Waals surface area contributed by atoms with Crippen LogP contribution in [0.4, 0.5) is 18.9 Å². The molecule has 0 saturated heterocycles. The van der Waals surface area contributed by atoms with Crippen molar-refractivity contribution in [3.05, 3.63) is 23.8 Å². The molecule has 1 aromatic carbocycles. The summed E-state index contributed by atoms with van der Waals surface area (Å²) in [5, 5.41) is 0. The van der Waals surface area contributed by atoms with Gasteiger partial charge in [0.2, 0.25) is 0 Å². The second-order valence-electron chi connectivity index (χ2n) is 3.12. The zero-order chi connectivity index (χ0) is 13.8. The number of nitrogen functional groups attached to an aromatic ring is 1. The molecule has 18 heavy (non-hydrogen) atoms. The lowest BCUT2D eigenvalue weighted by Crippen LogP contribution is -2.18. The van der Waals surface area contributed by atoms with Crippen LogP contribution in [0.2, 0.25) is 0 Å². The summed E-state index contributed by atoms with van der Waals surface area (Å²) in [6.07, 6.45) is -4.83. The highest BCUT2D eigenvalue weighted by atomic mass is 19.4. The Kier molecular flexibility index (Phi) is 4.38. The molecule has 8 heteroatoms. The molecule has 0 aliphatic heterocycles. The van der Waals surface area contributed by atoms with Gasteiger partial charge in [0.25, 0.3) is 0 Å². The summed E-state index contributed by atoms with van der Waals surface area (Å²) < 4.78 is 44.5. The summed E-state index contributed by atoms with van der Waals surface area (Å²) in [6.45, 7) is 1.66. The third-order valence-corrected chi connectivity index (χ3v) is 1.88. The van der Waals surface area contributed by atoms with Gasteiger partial charge in [-0.3, -0.25) is 5.84 Å². The minimum absolute atomic E-state index is 0.0905. The van der Waals surface area contributed by atoms with Gasteiger partial charge in [0.05, 0.1) is 17.9 Å². The number of hydrazine groups is 1. The van der Waals surface area contributed by atoms with Gasteiger partial charge >= 0.3 is 12.3 Å².